The summed E-state index contributed by atoms with van der Waals surface area (Å²) in [5, 5.41) is 3.75. The van der Waals surface area contributed by atoms with E-state index < -0.39 is 0 Å². The Morgan fingerprint density at radius 2 is 2.04 bits per heavy atom. The summed E-state index contributed by atoms with van der Waals surface area (Å²) in [5.41, 5.74) is 4.71. The number of aryl methyl sites for hydroxylation is 3. The first-order chi connectivity index (χ1) is 13.5. The number of benzene rings is 2. The van der Waals surface area contributed by atoms with Crippen LogP contribution in [-0.4, -0.2) is 27.0 Å². The second kappa shape index (κ2) is 7.46. The Hall–Kier alpha value is -3.15. The largest absolute Gasteiger partial charge is 0.358 e. The maximum Gasteiger partial charge on any atom is 0.224 e. The monoisotopic (exact) mass is 378 g/mol. The number of aromatic nitrogens is 3. The predicted molar refractivity (Wildman–Crippen MR) is 109 cm³/mol. The maximum absolute atomic E-state index is 13.6. The van der Waals surface area contributed by atoms with E-state index in [2.05, 4.69) is 25.9 Å². The van der Waals surface area contributed by atoms with Crippen LogP contribution in [0, 0.1) is 19.7 Å². The van der Waals surface area contributed by atoms with E-state index in [9.17, 15) is 9.18 Å². The summed E-state index contributed by atoms with van der Waals surface area (Å²) < 4.78 is 15.7. The number of nitrogens with one attached hydrogen (secondary N) is 2. The molecule has 5 nitrogen and oxygen atoms in total. The molecule has 6 heteroatoms. The molecule has 0 radical (unpaired) electrons. The molecule has 0 saturated carbocycles. The Labute approximate surface area is 162 Å². The maximum atomic E-state index is 13.6. The lowest BCUT2D eigenvalue weighted by atomic mass is 10.1. The molecule has 4 rings (SSSR count). The van der Waals surface area contributed by atoms with Crippen LogP contribution in [-0.2, 0) is 17.8 Å². The van der Waals surface area contributed by atoms with Crippen molar-refractivity contribution in [1.29, 1.82) is 0 Å². The summed E-state index contributed by atoms with van der Waals surface area (Å²) in [4.78, 5) is 20.2. The van der Waals surface area contributed by atoms with Gasteiger partial charge < -0.3 is 14.9 Å². The highest BCUT2D eigenvalue weighted by atomic mass is 19.1. The van der Waals surface area contributed by atoms with Crippen molar-refractivity contribution < 1.29 is 9.18 Å². The van der Waals surface area contributed by atoms with Crippen LogP contribution in [0.15, 0.2) is 42.5 Å². The Balaban J connectivity index is 1.36. The summed E-state index contributed by atoms with van der Waals surface area (Å²) >= 11 is 0. The fourth-order valence-electron chi connectivity index (χ4n) is 3.75. The first-order valence-corrected chi connectivity index (χ1v) is 9.48. The molecular weight excluding hydrogens is 355 g/mol. The van der Waals surface area contributed by atoms with Gasteiger partial charge in [0.15, 0.2) is 0 Å². The van der Waals surface area contributed by atoms with E-state index in [1.165, 1.54) is 12.1 Å². The van der Waals surface area contributed by atoms with Crippen LogP contribution in [0.5, 0.6) is 0 Å². The van der Waals surface area contributed by atoms with E-state index in [4.69, 9.17) is 0 Å². The number of carbonyl (C=O) groups is 1. The molecule has 0 fully saturated rings. The van der Waals surface area contributed by atoms with Crippen LogP contribution in [0.2, 0.25) is 0 Å². The number of fused-ring (bicyclic) bond motifs is 2. The van der Waals surface area contributed by atoms with Crippen LogP contribution in [0.3, 0.4) is 0 Å². The van der Waals surface area contributed by atoms with Gasteiger partial charge in [-0.25, -0.2) is 9.37 Å². The molecule has 28 heavy (non-hydrogen) atoms. The quantitative estimate of drug-likeness (QED) is 0.498. The molecule has 0 spiro atoms. The van der Waals surface area contributed by atoms with Crippen LogP contribution >= 0.6 is 0 Å². The Bertz CT molecular complexity index is 1160. The number of hydrogen-bond donors (Lipinski definition) is 2. The number of carbonyl (C=O) groups excluding carboxylic acids is 1. The minimum absolute atomic E-state index is 0.0551. The molecular formula is C22H23FN4O. The van der Waals surface area contributed by atoms with E-state index in [0.29, 0.717) is 6.54 Å². The van der Waals surface area contributed by atoms with Crippen molar-refractivity contribution in [3.8, 4) is 0 Å². The second-order valence-corrected chi connectivity index (χ2v) is 7.10. The van der Waals surface area contributed by atoms with Gasteiger partial charge in [0.2, 0.25) is 5.91 Å². The highest BCUT2D eigenvalue weighted by molar-refractivity contribution is 5.90. The minimum Gasteiger partial charge on any atom is -0.358 e. The predicted octanol–water partition coefficient (Wildman–Crippen LogP) is 4.02. The van der Waals surface area contributed by atoms with Gasteiger partial charge in [-0.15, -0.1) is 0 Å². The third kappa shape index (κ3) is 3.50. The second-order valence-electron chi connectivity index (χ2n) is 7.10. The number of imidazole rings is 1. The van der Waals surface area contributed by atoms with Gasteiger partial charge in [0.05, 0.1) is 17.5 Å². The SMILES string of the molecule is Cc1[nH]c2ccc(F)cc2c1CC(=O)NCCCn1c(C)nc2ccccc21. The van der Waals surface area contributed by atoms with Gasteiger partial charge in [-0.2, -0.15) is 0 Å². The molecule has 0 aliphatic heterocycles. The minimum atomic E-state index is -0.295. The topological polar surface area (TPSA) is 62.7 Å². The van der Waals surface area contributed by atoms with E-state index >= 15 is 0 Å². The Morgan fingerprint density at radius 1 is 1.21 bits per heavy atom. The van der Waals surface area contributed by atoms with Crippen LogP contribution in [0.1, 0.15) is 23.5 Å². The van der Waals surface area contributed by atoms with Gasteiger partial charge >= 0.3 is 0 Å². The molecule has 2 aromatic carbocycles. The van der Waals surface area contributed by atoms with Crippen LogP contribution < -0.4 is 5.32 Å². The third-order valence-corrected chi connectivity index (χ3v) is 5.14. The van der Waals surface area contributed by atoms with E-state index in [1.54, 1.807) is 6.07 Å². The number of para-hydroxylation sites is 2. The van der Waals surface area contributed by atoms with Crippen LogP contribution in [0.4, 0.5) is 4.39 Å². The molecule has 2 N–H and O–H groups in total. The lowest BCUT2D eigenvalue weighted by Gasteiger charge is -2.08. The first-order valence-electron chi connectivity index (χ1n) is 9.48. The molecule has 0 aliphatic rings. The van der Waals surface area contributed by atoms with Gasteiger partial charge in [0, 0.05) is 29.7 Å². The van der Waals surface area contributed by atoms with Crippen molar-refractivity contribution in [1.82, 2.24) is 19.9 Å². The smallest absolute Gasteiger partial charge is 0.224 e. The van der Waals surface area contributed by atoms with Gasteiger partial charge in [-0.1, -0.05) is 12.1 Å². The van der Waals surface area contributed by atoms with Crippen molar-refractivity contribution in [2.75, 3.05) is 6.54 Å². The number of H-pyrrole nitrogens is 1. The molecule has 0 aliphatic carbocycles. The van der Waals surface area contributed by atoms with E-state index in [1.807, 2.05) is 32.0 Å². The fraction of sp³-hybridized carbons (Fsp3) is 0.273. The van der Waals surface area contributed by atoms with Crippen molar-refractivity contribution in [3.05, 3.63) is 65.4 Å². The molecule has 0 bridgehead atoms. The van der Waals surface area contributed by atoms with Gasteiger partial charge in [-0.3, -0.25) is 4.79 Å². The number of hydrogen-bond acceptors (Lipinski definition) is 2. The fourth-order valence-corrected chi connectivity index (χ4v) is 3.75. The molecule has 2 aromatic heterocycles. The van der Waals surface area contributed by atoms with Crippen molar-refractivity contribution >= 4 is 27.8 Å². The Kier molecular flexibility index (Phi) is 4.86. The van der Waals surface area contributed by atoms with Crippen molar-refractivity contribution in [3.63, 3.8) is 0 Å². The van der Waals surface area contributed by atoms with Crippen molar-refractivity contribution in [2.45, 2.75) is 33.2 Å². The lowest BCUT2D eigenvalue weighted by Crippen LogP contribution is -2.27. The third-order valence-electron chi connectivity index (χ3n) is 5.14. The normalized spacial score (nSPS) is 11.4. The molecule has 4 aromatic rings. The highest BCUT2D eigenvalue weighted by Crippen LogP contribution is 2.23. The summed E-state index contributed by atoms with van der Waals surface area (Å²) in [7, 11) is 0. The Morgan fingerprint density at radius 3 is 2.89 bits per heavy atom. The number of rotatable bonds is 6. The summed E-state index contributed by atoms with van der Waals surface area (Å²) in [5.74, 6) is 0.625. The summed E-state index contributed by atoms with van der Waals surface area (Å²) in [6.45, 7) is 5.29. The lowest BCUT2D eigenvalue weighted by molar-refractivity contribution is -0.120. The molecule has 1 amide bonds. The molecule has 0 saturated heterocycles. The first kappa shape index (κ1) is 18.2. The average molecular weight is 378 g/mol. The number of halogens is 1. The number of nitrogens with zero attached hydrogens (tertiary/aromatic N) is 2. The van der Waals surface area contributed by atoms with Crippen molar-refractivity contribution in [2.24, 2.45) is 0 Å². The van der Waals surface area contributed by atoms with Gasteiger partial charge in [0.1, 0.15) is 11.6 Å². The molecule has 144 valence electrons. The van der Waals surface area contributed by atoms with E-state index in [-0.39, 0.29) is 18.1 Å². The zero-order valence-corrected chi connectivity index (χ0v) is 16.1. The zero-order chi connectivity index (χ0) is 19.7. The number of aromatic amines is 1. The molecule has 2 heterocycles. The highest BCUT2D eigenvalue weighted by Gasteiger charge is 2.13. The van der Waals surface area contributed by atoms with Crippen LogP contribution in [0.25, 0.3) is 21.9 Å². The summed E-state index contributed by atoms with van der Waals surface area (Å²) in [6, 6.07) is 12.7. The standard InChI is InChI=1S/C22H23FN4O/c1-14-17(18-12-16(23)8-9-19(18)25-14)13-22(28)24-10-5-11-27-15(2)26-20-6-3-4-7-21(20)27/h3-4,6-9,12,25H,5,10-11,13H2,1-2H3,(H,24,28). The molecule has 0 unspecified atom stereocenters. The zero-order valence-electron chi connectivity index (χ0n) is 16.1. The van der Waals surface area contributed by atoms with E-state index in [0.717, 1.165) is 52.0 Å². The average Bonchev–Trinajstić information content (AvgIpc) is 3.15. The number of amides is 1. The van der Waals surface area contributed by atoms with Gasteiger partial charge in [-0.05, 0) is 56.2 Å². The molecule has 0 atom stereocenters. The van der Waals surface area contributed by atoms with Gasteiger partial charge in [0.25, 0.3) is 0 Å². The summed E-state index contributed by atoms with van der Waals surface area (Å²) in [6.07, 6.45) is 1.05.